The number of nitrogens with zero attached hydrogens (tertiary/aromatic N) is 3. The maximum Gasteiger partial charge on any atom is 0.151 e. The molecule has 2 aromatic rings. The Balaban J connectivity index is 1.70. The number of hydrogen-bond acceptors (Lipinski definition) is 5. The lowest BCUT2D eigenvalue weighted by Crippen LogP contribution is -2.35. The van der Waals surface area contributed by atoms with E-state index >= 15 is 0 Å². The predicted octanol–water partition coefficient (Wildman–Crippen LogP) is 3.02. The lowest BCUT2D eigenvalue weighted by Gasteiger charge is -2.32. The first-order chi connectivity index (χ1) is 11.3. The number of aromatic nitrogens is 2. The first-order valence-electron chi connectivity index (χ1n) is 8.03. The summed E-state index contributed by atoms with van der Waals surface area (Å²) in [7, 11) is 3.44. The molecule has 2 heterocycles. The van der Waals surface area contributed by atoms with Gasteiger partial charge in [-0.2, -0.15) is 0 Å². The molecule has 122 valence electrons. The molecule has 0 radical (unpaired) electrons. The summed E-state index contributed by atoms with van der Waals surface area (Å²) in [6, 6.07) is 11.9. The zero-order chi connectivity index (χ0) is 16.1. The molecule has 1 aromatic carbocycles. The van der Waals surface area contributed by atoms with Crippen molar-refractivity contribution in [3.63, 3.8) is 0 Å². The van der Waals surface area contributed by atoms with Crippen molar-refractivity contribution < 1.29 is 9.47 Å². The standard InChI is InChI=1S/C18H23N3O2/c1-22-13-14-9-11-21(12-10-14)18-8-7-16(19-20-18)15-5-3-4-6-17(15)23-2/h3-8,14H,9-13H2,1-2H3. The van der Waals surface area contributed by atoms with Crippen LogP contribution in [0.3, 0.4) is 0 Å². The van der Waals surface area contributed by atoms with Gasteiger partial charge in [0.1, 0.15) is 5.75 Å². The molecule has 1 aromatic heterocycles. The minimum absolute atomic E-state index is 0.664. The van der Waals surface area contributed by atoms with Crippen LogP contribution in [0.5, 0.6) is 5.75 Å². The van der Waals surface area contributed by atoms with Gasteiger partial charge in [0.05, 0.1) is 12.8 Å². The number of methoxy groups -OCH3 is 2. The molecule has 5 heteroatoms. The molecular weight excluding hydrogens is 290 g/mol. The number of anilines is 1. The molecule has 0 amide bonds. The van der Waals surface area contributed by atoms with Crippen LogP contribution in [0.4, 0.5) is 5.82 Å². The molecule has 0 N–H and O–H groups in total. The van der Waals surface area contributed by atoms with Crippen molar-refractivity contribution in [2.45, 2.75) is 12.8 Å². The maximum atomic E-state index is 5.39. The first kappa shape index (κ1) is 15.7. The Morgan fingerprint density at radius 1 is 1.04 bits per heavy atom. The molecule has 1 saturated heterocycles. The number of ether oxygens (including phenoxy) is 2. The summed E-state index contributed by atoms with van der Waals surface area (Å²) in [5.41, 5.74) is 1.80. The predicted molar refractivity (Wildman–Crippen MR) is 90.8 cm³/mol. The summed E-state index contributed by atoms with van der Waals surface area (Å²) in [6.45, 7) is 2.87. The van der Waals surface area contributed by atoms with Crippen LogP contribution >= 0.6 is 0 Å². The van der Waals surface area contributed by atoms with Gasteiger partial charge in [0.2, 0.25) is 0 Å². The van der Waals surface area contributed by atoms with Crippen molar-refractivity contribution in [3.8, 4) is 17.0 Å². The van der Waals surface area contributed by atoms with E-state index in [4.69, 9.17) is 9.47 Å². The van der Waals surface area contributed by atoms with Crippen molar-refractivity contribution in [3.05, 3.63) is 36.4 Å². The Hall–Kier alpha value is -2.14. The van der Waals surface area contributed by atoms with E-state index in [1.54, 1.807) is 14.2 Å². The van der Waals surface area contributed by atoms with Crippen LogP contribution in [0.15, 0.2) is 36.4 Å². The largest absolute Gasteiger partial charge is 0.496 e. The van der Waals surface area contributed by atoms with E-state index < -0.39 is 0 Å². The summed E-state index contributed by atoms with van der Waals surface area (Å²) in [5.74, 6) is 2.42. The average molecular weight is 313 g/mol. The van der Waals surface area contributed by atoms with Crippen LogP contribution in [-0.4, -0.2) is 44.1 Å². The number of hydrogen-bond donors (Lipinski definition) is 0. The zero-order valence-corrected chi connectivity index (χ0v) is 13.7. The molecule has 0 spiro atoms. The quantitative estimate of drug-likeness (QED) is 0.849. The molecule has 0 unspecified atom stereocenters. The summed E-state index contributed by atoms with van der Waals surface area (Å²) in [4.78, 5) is 2.30. The van der Waals surface area contributed by atoms with Gasteiger partial charge in [-0.3, -0.25) is 0 Å². The van der Waals surface area contributed by atoms with Gasteiger partial charge >= 0.3 is 0 Å². The van der Waals surface area contributed by atoms with E-state index in [1.807, 2.05) is 36.4 Å². The first-order valence-corrected chi connectivity index (χ1v) is 8.03. The van der Waals surface area contributed by atoms with Crippen LogP contribution in [-0.2, 0) is 4.74 Å². The molecule has 3 rings (SSSR count). The topological polar surface area (TPSA) is 47.5 Å². The second-order valence-corrected chi connectivity index (χ2v) is 5.86. The van der Waals surface area contributed by atoms with Gasteiger partial charge in [-0.25, -0.2) is 0 Å². The highest BCUT2D eigenvalue weighted by Crippen LogP contribution is 2.29. The summed E-state index contributed by atoms with van der Waals surface area (Å²) in [5, 5.41) is 8.81. The minimum Gasteiger partial charge on any atom is -0.496 e. The van der Waals surface area contributed by atoms with E-state index in [0.717, 1.165) is 55.4 Å². The normalized spacial score (nSPS) is 15.7. The second-order valence-electron chi connectivity index (χ2n) is 5.86. The fourth-order valence-corrected chi connectivity index (χ4v) is 3.06. The van der Waals surface area contributed by atoms with Gasteiger partial charge in [0, 0.05) is 32.4 Å². The van der Waals surface area contributed by atoms with E-state index in [9.17, 15) is 0 Å². The molecule has 1 fully saturated rings. The molecular formula is C18H23N3O2. The highest BCUT2D eigenvalue weighted by molar-refractivity contribution is 5.67. The Morgan fingerprint density at radius 2 is 1.83 bits per heavy atom. The third-order valence-corrected chi connectivity index (χ3v) is 4.37. The molecule has 23 heavy (non-hydrogen) atoms. The minimum atomic E-state index is 0.664. The Kier molecular flexibility index (Phi) is 5.08. The molecule has 1 aliphatic heterocycles. The Labute approximate surface area is 137 Å². The van der Waals surface area contributed by atoms with Crippen molar-refractivity contribution in [1.82, 2.24) is 10.2 Å². The fraction of sp³-hybridized carbons (Fsp3) is 0.444. The SMILES string of the molecule is COCC1CCN(c2ccc(-c3ccccc3OC)nn2)CC1. The van der Waals surface area contributed by atoms with Crippen molar-refractivity contribution in [2.75, 3.05) is 38.8 Å². The number of benzene rings is 1. The van der Waals surface area contributed by atoms with Crippen LogP contribution < -0.4 is 9.64 Å². The number of piperidine rings is 1. The lowest BCUT2D eigenvalue weighted by molar-refractivity contribution is 0.139. The van der Waals surface area contributed by atoms with Crippen LogP contribution in [0.1, 0.15) is 12.8 Å². The van der Waals surface area contributed by atoms with E-state index in [0.29, 0.717) is 5.92 Å². The molecule has 0 saturated carbocycles. The lowest BCUT2D eigenvalue weighted by atomic mass is 9.98. The summed E-state index contributed by atoms with van der Waals surface area (Å²) >= 11 is 0. The number of para-hydroxylation sites is 1. The fourth-order valence-electron chi connectivity index (χ4n) is 3.06. The van der Waals surface area contributed by atoms with Crippen molar-refractivity contribution in [2.24, 2.45) is 5.92 Å². The van der Waals surface area contributed by atoms with Crippen molar-refractivity contribution >= 4 is 5.82 Å². The maximum absolute atomic E-state index is 5.39. The third-order valence-electron chi connectivity index (χ3n) is 4.37. The van der Waals surface area contributed by atoms with E-state index in [-0.39, 0.29) is 0 Å². The monoisotopic (exact) mass is 313 g/mol. The van der Waals surface area contributed by atoms with Crippen LogP contribution in [0.2, 0.25) is 0 Å². The molecule has 0 aliphatic carbocycles. The highest BCUT2D eigenvalue weighted by atomic mass is 16.5. The second kappa shape index (κ2) is 7.42. The van der Waals surface area contributed by atoms with Crippen LogP contribution in [0.25, 0.3) is 11.3 Å². The van der Waals surface area contributed by atoms with E-state index in [2.05, 4.69) is 15.1 Å². The zero-order valence-electron chi connectivity index (χ0n) is 13.7. The highest BCUT2D eigenvalue weighted by Gasteiger charge is 2.20. The number of rotatable bonds is 5. The van der Waals surface area contributed by atoms with Gasteiger partial charge in [0.25, 0.3) is 0 Å². The molecule has 5 nitrogen and oxygen atoms in total. The van der Waals surface area contributed by atoms with Gasteiger partial charge in [-0.05, 0) is 43.0 Å². The summed E-state index contributed by atoms with van der Waals surface area (Å²) < 4.78 is 10.6. The summed E-state index contributed by atoms with van der Waals surface area (Å²) in [6.07, 6.45) is 2.29. The molecule has 1 aliphatic rings. The van der Waals surface area contributed by atoms with Gasteiger partial charge in [-0.15, -0.1) is 10.2 Å². The Bertz CT molecular complexity index is 622. The third kappa shape index (κ3) is 3.62. The molecule has 0 bridgehead atoms. The smallest absolute Gasteiger partial charge is 0.151 e. The average Bonchev–Trinajstić information content (AvgIpc) is 2.63. The van der Waals surface area contributed by atoms with Crippen molar-refractivity contribution in [1.29, 1.82) is 0 Å². The molecule has 0 atom stereocenters. The van der Waals surface area contributed by atoms with E-state index in [1.165, 1.54) is 0 Å². The van der Waals surface area contributed by atoms with Gasteiger partial charge < -0.3 is 14.4 Å². The van der Waals surface area contributed by atoms with Gasteiger partial charge in [0.15, 0.2) is 5.82 Å². The Morgan fingerprint density at radius 3 is 2.48 bits per heavy atom. The van der Waals surface area contributed by atoms with Gasteiger partial charge in [-0.1, -0.05) is 12.1 Å². The van der Waals surface area contributed by atoms with Crippen LogP contribution in [0, 0.1) is 5.92 Å².